The zero-order chi connectivity index (χ0) is 16.3. The highest BCUT2D eigenvalue weighted by molar-refractivity contribution is 6.00. The monoisotopic (exact) mass is 302 g/mol. The molecule has 0 heterocycles. The Labute approximate surface area is 132 Å². The van der Waals surface area contributed by atoms with Gasteiger partial charge in [0.05, 0.1) is 11.8 Å². The Morgan fingerprint density at radius 3 is 2.14 bits per heavy atom. The molecule has 2 rings (SSSR count). The van der Waals surface area contributed by atoms with E-state index in [0.717, 1.165) is 29.7 Å². The van der Waals surface area contributed by atoms with Crippen LogP contribution in [0, 0.1) is 11.8 Å². The lowest BCUT2D eigenvalue weighted by Crippen LogP contribution is -2.32. The predicted molar refractivity (Wildman–Crippen MR) is 88.7 cm³/mol. The molecule has 0 bridgehead atoms. The molecule has 4 heteroatoms. The molecule has 22 heavy (non-hydrogen) atoms. The average molecular weight is 302 g/mol. The summed E-state index contributed by atoms with van der Waals surface area (Å²) in [6.45, 7) is 8.03. The van der Waals surface area contributed by atoms with Gasteiger partial charge < -0.3 is 10.6 Å². The molecule has 1 aromatic carbocycles. The van der Waals surface area contributed by atoms with Crippen LogP contribution in [0.5, 0.6) is 0 Å². The SMILES string of the molecule is CCc1cccc(CC)c1NC(=O)C1CC1C(=O)NC(C)C. The van der Waals surface area contributed by atoms with E-state index in [1.165, 1.54) is 0 Å². The summed E-state index contributed by atoms with van der Waals surface area (Å²) in [7, 11) is 0. The summed E-state index contributed by atoms with van der Waals surface area (Å²) < 4.78 is 0. The van der Waals surface area contributed by atoms with Crippen LogP contribution in [0.2, 0.25) is 0 Å². The Kier molecular flexibility index (Phi) is 5.22. The Bertz CT molecular complexity index is 544. The van der Waals surface area contributed by atoms with Crippen molar-refractivity contribution in [3.8, 4) is 0 Å². The van der Waals surface area contributed by atoms with Crippen LogP contribution in [0.25, 0.3) is 0 Å². The van der Waals surface area contributed by atoms with Crippen LogP contribution >= 0.6 is 0 Å². The zero-order valence-electron chi connectivity index (χ0n) is 13.9. The molecular formula is C18H26N2O2. The first kappa shape index (κ1) is 16.5. The van der Waals surface area contributed by atoms with Crippen molar-refractivity contribution in [2.45, 2.75) is 53.0 Å². The Morgan fingerprint density at radius 1 is 1.09 bits per heavy atom. The molecule has 0 radical (unpaired) electrons. The molecule has 0 spiro atoms. The third kappa shape index (κ3) is 3.67. The second kappa shape index (κ2) is 6.95. The van der Waals surface area contributed by atoms with Gasteiger partial charge in [-0.3, -0.25) is 9.59 Å². The van der Waals surface area contributed by atoms with Gasteiger partial charge in [0.2, 0.25) is 11.8 Å². The van der Waals surface area contributed by atoms with Gasteiger partial charge in [0.1, 0.15) is 0 Å². The number of benzene rings is 1. The van der Waals surface area contributed by atoms with Crippen LogP contribution in [-0.2, 0) is 22.4 Å². The highest BCUT2D eigenvalue weighted by Gasteiger charge is 2.48. The third-order valence-corrected chi connectivity index (χ3v) is 4.14. The molecule has 0 aliphatic heterocycles. The maximum atomic E-state index is 12.4. The first-order chi connectivity index (χ1) is 10.5. The number of nitrogens with one attached hydrogen (secondary N) is 2. The molecule has 1 aromatic rings. The molecule has 2 N–H and O–H groups in total. The number of anilines is 1. The summed E-state index contributed by atoms with van der Waals surface area (Å²) in [5, 5.41) is 5.94. The second-order valence-electron chi connectivity index (χ2n) is 6.26. The number of aryl methyl sites for hydroxylation is 2. The van der Waals surface area contributed by atoms with E-state index in [4.69, 9.17) is 0 Å². The molecule has 1 fully saturated rings. The number of carbonyl (C=O) groups excluding carboxylic acids is 2. The number of amides is 2. The lowest BCUT2D eigenvalue weighted by Gasteiger charge is -2.14. The molecule has 0 saturated heterocycles. The molecule has 2 unspecified atom stereocenters. The summed E-state index contributed by atoms with van der Waals surface area (Å²) in [4.78, 5) is 24.4. The molecule has 2 atom stereocenters. The normalized spacial score (nSPS) is 19.9. The summed E-state index contributed by atoms with van der Waals surface area (Å²) in [5.74, 6) is -0.385. The first-order valence-electron chi connectivity index (χ1n) is 8.19. The fraction of sp³-hybridized carbons (Fsp3) is 0.556. The Hall–Kier alpha value is -1.84. The maximum absolute atomic E-state index is 12.4. The van der Waals surface area contributed by atoms with E-state index in [1.54, 1.807) is 0 Å². The Morgan fingerprint density at radius 2 is 1.64 bits per heavy atom. The topological polar surface area (TPSA) is 58.2 Å². The fourth-order valence-electron chi connectivity index (χ4n) is 2.79. The van der Waals surface area contributed by atoms with Gasteiger partial charge in [0.25, 0.3) is 0 Å². The molecule has 4 nitrogen and oxygen atoms in total. The highest BCUT2D eigenvalue weighted by atomic mass is 16.2. The molecule has 1 aliphatic rings. The molecule has 120 valence electrons. The number of hydrogen-bond acceptors (Lipinski definition) is 2. The molecule has 1 saturated carbocycles. The molecule has 0 aromatic heterocycles. The summed E-state index contributed by atoms with van der Waals surface area (Å²) in [6, 6.07) is 6.24. The van der Waals surface area contributed by atoms with Crippen molar-refractivity contribution in [3.63, 3.8) is 0 Å². The van der Waals surface area contributed by atoms with Gasteiger partial charge in [0, 0.05) is 11.7 Å². The minimum Gasteiger partial charge on any atom is -0.354 e. The largest absolute Gasteiger partial charge is 0.354 e. The number of para-hydroxylation sites is 1. The van der Waals surface area contributed by atoms with E-state index >= 15 is 0 Å². The first-order valence-corrected chi connectivity index (χ1v) is 8.19. The van der Waals surface area contributed by atoms with E-state index in [0.29, 0.717) is 6.42 Å². The van der Waals surface area contributed by atoms with Crippen molar-refractivity contribution >= 4 is 17.5 Å². The number of carbonyl (C=O) groups is 2. The number of rotatable bonds is 6. The van der Waals surface area contributed by atoms with E-state index in [9.17, 15) is 9.59 Å². The van der Waals surface area contributed by atoms with E-state index in [1.807, 2.05) is 32.0 Å². The van der Waals surface area contributed by atoms with Crippen LogP contribution in [0.15, 0.2) is 18.2 Å². The lowest BCUT2D eigenvalue weighted by molar-refractivity contribution is -0.125. The van der Waals surface area contributed by atoms with E-state index < -0.39 is 0 Å². The number of hydrogen-bond donors (Lipinski definition) is 2. The van der Waals surface area contributed by atoms with Crippen molar-refractivity contribution in [2.24, 2.45) is 11.8 Å². The van der Waals surface area contributed by atoms with Gasteiger partial charge in [-0.2, -0.15) is 0 Å². The fourth-order valence-corrected chi connectivity index (χ4v) is 2.79. The van der Waals surface area contributed by atoms with Gasteiger partial charge in [0.15, 0.2) is 0 Å². The minimum atomic E-state index is -0.187. The highest BCUT2D eigenvalue weighted by Crippen LogP contribution is 2.40. The predicted octanol–water partition coefficient (Wildman–Crippen LogP) is 2.91. The maximum Gasteiger partial charge on any atom is 0.228 e. The summed E-state index contributed by atoms with van der Waals surface area (Å²) >= 11 is 0. The van der Waals surface area contributed by atoms with Gasteiger partial charge in [-0.1, -0.05) is 32.0 Å². The van der Waals surface area contributed by atoms with E-state index in [-0.39, 0.29) is 29.7 Å². The second-order valence-corrected chi connectivity index (χ2v) is 6.26. The quantitative estimate of drug-likeness (QED) is 0.849. The zero-order valence-corrected chi connectivity index (χ0v) is 13.9. The van der Waals surface area contributed by atoms with Crippen LogP contribution in [0.3, 0.4) is 0 Å². The van der Waals surface area contributed by atoms with Crippen molar-refractivity contribution in [3.05, 3.63) is 29.3 Å². The van der Waals surface area contributed by atoms with Crippen molar-refractivity contribution in [1.82, 2.24) is 5.32 Å². The molecular weight excluding hydrogens is 276 g/mol. The molecule has 2 amide bonds. The smallest absolute Gasteiger partial charge is 0.228 e. The third-order valence-electron chi connectivity index (χ3n) is 4.14. The Balaban J connectivity index is 2.04. The summed E-state index contributed by atoms with van der Waals surface area (Å²) in [5.41, 5.74) is 3.24. The van der Waals surface area contributed by atoms with Crippen LogP contribution in [-0.4, -0.2) is 17.9 Å². The summed E-state index contributed by atoms with van der Waals surface area (Å²) in [6.07, 6.45) is 2.41. The van der Waals surface area contributed by atoms with Crippen LogP contribution in [0.1, 0.15) is 45.2 Å². The van der Waals surface area contributed by atoms with Crippen molar-refractivity contribution < 1.29 is 9.59 Å². The lowest BCUT2D eigenvalue weighted by atomic mass is 10.0. The minimum absolute atomic E-state index is 0.00496. The standard InChI is InChI=1S/C18H26N2O2/c1-5-12-8-7-9-13(6-2)16(12)20-18(22)15-10-14(15)17(21)19-11(3)4/h7-9,11,14-15H,5-6,10H2,1-4H3,(H,19,21)(H,20,22). The van der Waals surface area contributed by atoms with Gasteiger partial charge in [-0.05, 0) is 44.2 Å². The van der Waals surface area contributed by atoms with Crippen LogP contribution in [0.4, 0.5) is 5.69 Å². The van der Waals surface area contributed by atoms with Gasteiger partial charge in [-0.25, -0.2) is 0 Å². The average Bonchev–Trinajstić information content (AvgIpc) is 3.27. The van der Waals surface area contributed by atoms with Crippen molar-refractivity contribution in [1.29, 1.82) is 0 Å². The molecule has 1 aliphatic carbocycles. The van der Waals surface area contributed by atoms with Crippen LogP contribution < -0.4 is 10.6 Å². The van der Waals surface area contributed by atoms with Gasteiger partial charge >= 0.3 is 0 Å². The van der Waals surface area contributed by atoms with Gasteiger partial charge in [-0.15, -0.1) is 0 Å². The van der Waals surface area contributed by atoms with Crippen molar-refractivity contribution in [2.75, 3.05) is 5.32 Å². The van der Waals surface area contributed by atoms with E-state index in [2.05, 4.69) is 24.5 Å².